The smallest absolute Gasteiger partial charge is 0.111 e. The highest BCUT2D eigenvalue weighted by Crippen LogP contribution is 2.23. The second kappa shape index (κ2) is 5.59. The molecule has 0 radical (unpaired) electrons. The first-order chi connectivity index (χ1) is 8.33. The van der Waals surface area contributed by atoms with Crippen LogP contribution in [0.1, 0.15) is 11.1 Å². The predicted molar refractivity (Wildman–Crippen MR) is 77.4 cm³/mol. The third-order valence-electron chi connectivity index (χ3n) is 3.50. The highest BCUT2D eigenvalue weighted by atomic mass is 35.5. The molecule has 5 heteroatoms. The van der Waals surface area contributed by atoms with E-state index in [0.29, 0.717) is 0 Å². The van der Waals surface area contributed by atoms with Gasteiger partial charge in [0.25, 0.3) is 0 Å². The molecular formula is C13H19ClN4. The Morgan fingerprint density at radius 3 is 3.06 bits per heavy atom. The van der Waals surface area contributed by atoms with E-state index in [0.717, 1.165) is 50.7 Å². The number of rotatable bonds is 2. The first-order valence-electron chi connectivity index (χ1n) is 6.19. The van der Waals surface area contributed by atoms with Crippen LogP contribution >= 0.6 is 12.4 Å². The Labute approximate surface area is 114 Å². The number of hydrogen-bond acceptors (Lipinski definition) is 4. The number of hydrogen-bond donors (Lipinski definition) is 2. The zero-order valence-electron chi connectivity index (χ0n) is 10.4. The predicted octanol–water partition coefficient (Wildman–Crippen LogP) is 1.05. The molecule has 2 aliphatic heterocycles. The van der Waals surface area contributed by atoms with Crippen LogP contribution < -0.4 is 11.1 Å². The summed E-state index contributed by atoms with van der Waals surface area (Å²) in [6.45, 7) is 4.91. The fourth-order valence-electron chi connectivity index (χ4n) is 2.60. The summed E-state index contributed by atoms with van der Waals surface area (Å²) in [5.74, 6) is 1.14. The minimum absolute atomic E-state index is 0. The molecule has 0 unspecified atom stereocenters. The van der Waals surface area contributed by atoms with E-state index in [9.17, 15) is 0 Å². The van der Waals surface area contributed by atoms with Gasteiger partial charge in [-0.3, -0.25) is 9.89 Å². The molecule has 0 amide bonds. The van der Waals surface area contributed by atoms with Gasteiger partial charge in [-0.15, -0.1) is 12.4 Å². The van der Waals surface area contributed by atoms with Gasteiger partial charge in [-0.25, -0.2) is 0 Å². The first kappa shape index (κ1) is 13.2. The molecule has 0 saturated carbocycles. The van der Waals surface area contributed by atoms with Gasteiger partial charge in [-0.05, 0) is 23.6 Å². The Kier molecular flexibility index (Phi) is 4.09. The number of nitrogen functional groups attached to an aromatic ring is 1. The van der Waals surface area contributed by atoms with Crippen LogP contribution in [0.5, 0.6) is 0 Å². The van der Waals surface area contributed by atoms with Crippen molar-refractivity contribution in [1.82, 2.24) is 10.2 Å². The highest BCUT2D eigenvalue weighted by molar-refractivity contribution is 5.85. The lowest BCUT2D eigenvalue weighted by Crippen LogP contribution is -2.38. The topological polar surface area (TPSA) is 53.6 Å². The Morgan fingerprint density at radius 2 is 2.28 bits per heavy atom. The van der Waals surface area contributed by atoms with Gasteiger partial charge in [-0.2, -0.15) is 0 Å². The molecule has 2 aliphatic rings. The average Bonchev–Trinajstić information content (AvgIpc) is 2.82. The number of anilines is 1. The normalized spacial score (nSPS) is 18.6. The Morgan fingerprint density at radius 1 is 1.39 bits per heavy atom. The van der Waals surface area contributed by atoms with Gasteiger partial charge in [0.05, 0.1) is 13.1 Å². The van der Waals surface area contributed by atoms with E-state index in [1.54, 1.807) is 0 Å². The van der Waals surface area contributed by atoms with Crippen molar-refractivity contribution < 1.29 is 0 Å². The quantitative estimate of drug-likeness (QED) is 0.787. The molecule has 1 aromatic rings. The van der Waals surface area contributed by atoms with Crippen molar-refractivity contribution in [2.24, 2.45) is 4.99 Å². The lowest BCUT2D eigenvalue weighted by molar-refractivity contribution is 0.289. The molecule has 2 heterocycles. The number of fused-ring (bicyclic) bond motifs is 1. The van der Waals surface area contributed by atoms with Gasteiger partial charge >= 0.3 is 0 Å². The van der Waals surface area contributed by atoms with Crippen molar-refractivity contribution in [3.8, 4) is 0 Å². The van der Waals surface area contributed by atoms with E-state index in [4.69, 9.17) is 5.73 Å². The number of nitrogens with one attached hydrogen (secondary N) is 1. The summed E-state index contributed by atoms with van der Waals surface area (Å²) >= 11 is 0. The molecule has 0 spiro atoms. The van der Waals surface area contributed by atoms with Gasteiger partial charge in [0.15, 0.2) is 0 Å². The van der Waals surface area contributed by atoms with Crippen LogP contribution in [-0.4, -0.2) is 36.9 Å². The average molecular weight is 267 g/mol. The molecule has 0 atom stereocenters. The summed E-state index contributed by atoms with van der Waals surface area (Å²) in [5.41, 5.74) is 9.65. The zero-order chi connectivity index (χ0) is 11.7. The van der Waals surface area contributed by atoms with Gasteiger partial charge in [0.1, 0.15) is 5.84 Å². The second-order valence-electron chi connectivity index (χ2n) is 4.70. The maximum absolute atomic E-state index is 6.00. The van der Waals surface area contributed by atoms with Crippen molar-refractivity contribution in [3.63, 3.8) is 0 Å². The van der Waals surface area contributed by atoms with Crippen molar-refractivity contribution in [2.45, 2.75) is 13.0 Å². The molecule has 3 N–H and O–H groups in total. The molecule has 98 valence electrons. The van der Waals surface area contributed by atoms with E-state index in [1.807, 2.05) is 12.1 Å². The molecule has 0 fully saturated rings. The zero-order valence-corrected chi connectivity index (χ0v) is 11.2. The number of benzene rings is 1. The van der Waals surface area contributed by atoms with Gasteiger partial charge in [0, 0.05) is 25.3 Å². The van der Waals surface area contributed by atoms with Crippen LogP contribution in [-0.2, 0) is 13.0 Å². The van der Waals surface area contributed by atoms with Gasteiger partial charge < -0.3 is 11.1 Å². The number of aliphatic imine (C=N–C) groups is 1. The summed E-state index contributed by atoms with van der Waals surface area (Å²) in [4.78, 5) is 6.87. The number of amidine groups is 1. The van der Waals surface area contributed by atoms with Crippen molar-refractivity contribution in [2.75, 3.05) is 31.9 Å². The van der Waals surface area contributed by atoms with E-state index in [1.165, 1.54) is 11.1 Å². The highest BCUT2D eigenvalue weighted by Gasteiger charge is 2.19. The van der Waals surface area contributed by atoms with Crippen LogP contribution in [0.3, 0.4) is 0 Å². The van der Waals surface area contributed by atoms with Crippen LogP contribution in [0.4, 0.5) is 5.69 Å². The summed E-state index contributed by atoms with van der Waals surface area (Å²) in [6.07, 6.45) is 1.05. The van der Waals surface area contributed by atoms with Gasteiger partial charge in [-0.1, -0.05) is 12.1 Å². The number of nitrogens with zero attached hydrogens (tertiary/aromatic N) is 2. The standard InChI is InChI=1S/C13H18N4.ClH/c14-12-3-1-2-10-8-17(7-4-11(10)12)9-13-15-5-6-16-13;/h1-3H,4-9,14H2,(H,15,16);1H. The maximum atomic E-state index is 6.00. The molecule has 0 bridgehead atoms. The van der Waals surface area contributed by atoms with Crippen molar-refractivity contribution >= 4 is 23.9 Å². The second-order valence-corrected chi connectivity index (χ2v) is 4.70. The summed E-state index contributed by atoms with van der Waals surface area (Å²) in [6, 6.07) is 6.22. The molecule has 3 rings (SSSR count). The van der Waals surface area contributed by atoms with Crippen LogP contribution in [0.25, 0.3) is 0 Å². The van der Waals surface area contributed by atoms with Crippen LogP contribution in [0, 0.1) is 0 Å². The summed E-state index contributed by atoms with van der Waals surface area (Å²) in [7, 11) is 0. The van der Waals surface area contributed by atoms with E-state index in [2.05, 4.69) is 21.3 Å². The van der Waals surface area contributed by atoms with Crippen molar-refractivity contribution in [1.29, 1.82) is 0 Å². The fraction of sp³-hybridized carbons (Fsp3) is 0.462. The number of halogens is 1. The molecule has 1 aromatic carbocycles. The van der Waals surface area contributed by atoms with E-state index >= 15 is 0 Å². The Bertz CT molecular complexity index is 458. The largest absolute Gasteiger partial charge is 0.398 e. The van der Waals surface area contributed by atoms with Crippen LogP contribution in [0.15, 0.2) is 23.2 Å². The van der Waals surface area contributed by atoms with E-state index in [-0.39, 0.29) is 12.4 Å². The van der Waals surface area contributed by atoms with Gasteiger partial charge in [0.2, 0.25) is 0 Å². The minimum atomic E-state index is 0. The molecular weight excluding hydrogens is 248 g/mol. The summed E-state index contributed by atoms with van der Waals surface area (Å²) < 4.78 is 0. The SMILES string of the molecule is Cl.Nc1cccc2c1CCN(CC1=NCCN1)C2. The maximum Gasteiger partial charge on any atom is 0.111 e. The molecule has 0 saturated heterocycles. The molecule has 4 nitrogen and oxygen atoms in total. The third-order valence-corrected chi connectivity index (χ3v) is 3.50. The number of nitrogens with two attached hydrogens (primary N) is 1. The van der Waals surface area contributed by atoms with Crippen molar-refractivity contribution in [3.05, 3.63) is 29.3 Å². The Hall–Kier alpha value is -1.26. The lowest BCUT2D eigenvalue weighted by Gasteiger charge is -2.29. The molecule has 0 aliphatic carbocycles. The minimum Gasteiger partial charge on any atom is -0.398 e. The monoisotopic (exact) mass is 266 g/mol. The summed E-state index contributed by atoms with van der Waals surface area (Å²) in [5, 5.41) is 3.32. The first-order valence-corrected chi connectivity index (χ1v) is 6.19. The van der Waals surface area contributed by atoms with E-state index < -0.39 is 0 Å². The lowest BCUT2D eigenvalue weighted by atomic mass is 9.98. The Balaban J connectivity index is 0.00000120. The van der Waals surface area contributed by atoms with Crippen LogP contribution in [0.2, 0.25) is 0 Å². The molecule has 18 heavy (non-hydrogen) atoms. The molecule has 0 aromatic heterocycles. The fourth-order valence-corrected chi connectivity index (χ4v) is 2.60. The third kappa shape index (κ3) is 2.60.